The van der Waals surface area contributed by atoms with Crippen molar-refractivity contribution in [3.63, 3.8) is 0 Å². The molecule has 5 heteroatoms. The Balaban J connectivity index is 1.37. The fourth-order valence-corrected chi connectivity index (χ4v) is 3.91. The number of carbonyl (C=O) groups is 2. The SMILES string of the molecule is CC1CCN(c2ccc(NC(=O)C3CC(=O)N(c4ccccc4)C3)cc2)C1. The molecule has 2 heterocycles. The summed E-state index contributed by atoms with van der Waals surface area (Å²) in [5, 5.41) is 2.97. The summed E-state index contributed by atoms with van der Waals surface area (Å²) in [6.45, 7) is 4.88. The first-order valence-corrected chi connectivity index (χ1v) is 9.61. The lowest BCUT2D eigenvalue weighted by molar-refractivity contribution is -0.122. The van der Waals surface area contributed by atoms with E-state index in [1.807, 2.05) is 42.5 Å². The molecule has 2 atom stereocenters. The Labute approximate surface area is 160 Å². The second-order valence-electron chi connectivity index (χ2n) is 7.62. The van der Waals surface area contributed by atoms with Gasteiger partial charge in [0.1, 0.15) is 0 Å². The minimum absolute atomic E-state index is 0.000138. The van der Waals surface area contributed by atoms with Crippen molar-refractivity contribution in [3.8, 4) is 0 Å². The predicted molar refractivity (Wildman–Crippen MR) is 108 cm³/mol. The molecule has 0 bridgehead atoms. The molecule has 2 aliphatic heterocycles. The van der Waals surface area contributed by atoms with Gasteiger partial charge in [-0.3, -0.25) is 9.59 Å². The number of carbonyl (C=O) groups excluding carboxylic acids is 2. The first-order valence-electron chi connectivity index (χ1n) is 9.61. The average molecular weight is 363 g/mol. The Morgan fingerprint density at radius 2 is 1.74 bits per heavy atom. The molecule has 0 spiro atoms. The maximum atomic E-state index is 12.6. The Hall–Kier alpha value is -2.82. The van der Waals surface area contributed by atoms with E-state index >= 15 is 0 Å². The summed E-state index contributed by atoms with van der Waals surface area (Å²) in [5.41, 5.74) is 2.83. The van der Waals surface area contributed by atoms with E-state index in [9.17, 15) is 9.59 Å². The van der Waals surface area contributed by atoms with Crippen LogP contribution in [0, 0.1) is 11.8 Å². The van der Waals surface area contributed by atoms with E-state index in [-0.39, 0.29) is 24.2 Å². The molecule has 5 nitrogen and oxygen atoms in total. The van der Waals surface area contributed by atoms with Gasteiger partial charge in [-0.2, -0.15) is 0 Å². The van der Waals surface area contributed by atoms with Gasteiger partial charge in [-0.15, -0.1) is 0 Å². The van der Waals surface area contributed by atoms with Crippen LogP contribution >= 0.6 is 0 Å². The summed E-state index contributed by atoms with van der Waals surface area (Å²) in [6.07, 6.45) is 1.48. The van der Waals surface area contributed by atoms with Crippen molar-refractivity contribution in [2.24, 2.45) is 11.8 Å². The largest absolute Gasteiger partial charge is 0.371 e. The molecule has 0 aliphatic carbocycles. The van der Waals surface area contributed by atoms with Gasteiger partial charge in [0.05, 0.1) is 5.92 Å². The normalized spacial score (nSPS) is 22.3. The standard InChI is InChI=1S/C22H25N3O2/c1-16-11-12-24(14-16)19-9-7-18(8-10-19)23-22(27)17-13-21(26)25(15-17)20-5-3-2-4-6-20/h2-10,16-17H,11-15H2,1H3,(H,23,27). The Bertz CT molecular complexity index is 819. The molecule has 2 aromatic carbocycles. The van der Waals surface area contributed by atoms with Crippen LogP contribution in [0.15, 0.2) is 54.6 Å². The zero-order chi connectivity index (χ0) is 18.8. The van der Waals surface area contributed by atoms with Crippen LogP contribution in [0.2, 0.25) is 0 Å². The monoisotopic (exact) mass is 363 g/mol. The average Bonchev–Trinajstić information content (AvgIpc) is 3.29. The number of hydrogen-bond donors (Lipinski definition) is 1. The van der Waals surface area contributed by atoms with Gasteiger partial charge in [0.2, 0.25) is 11.8 Å². The second-order valence-corrected chi connectivity index (χ2v) is 7.62. The van der Waals surface area contributed by atoms with Crippen molar-refractivity contribution in [1.82, 2.24) is 0 Å². The van der Waals surface area contributed by atoms with Gasteiger partial charge in [0.25, 0.3) is 0 Å². The fraction of sp³-hybridized carbons (Fsp3) is 0.364. The number of nitrogens with one attached hydrogen (secondary N) is 1. The molecule has 2 fully saturated rings. The highest BCUT2D eigenvalue weighted by molar-refractivity contribution is 6.03. The van der Waals surface area contributed by atoms with Gasteiger partial charge in [0.15, 0.2) is 0 Å². The van der Waals surface area contributed by atoms with E-state index in [1.165, 1.54) is 12.1 Å². The molecule has 2 saturated heterocycles. The summed E-state index contributed by atoms with van der Waals surface area (Å²) in [6, 6.07) is 17.5. The minimum atomic E-state index is -0.322. The maximum absolute atomic E-state index is 12.6. The van der Waals surface area contributed by atoms with Crippen LogP contribution in [0.3, 0.4) is 0 Å². The molecule has 4 rings (SSSR count). The number of anilines is 3. The molecule has 2 amide bonds. The summed E-state index contributed by atoms with van der Waals surface area (Å²) in [4.78, 5) is 29.0. The fourth-order valence-electron chi connectivity index (χ4n) is 3.91. The lowest BCUT2D eigenvalue weighted by Gasteiger charge is -2.19. The third kappa shape index (κ3) is 3.82. The van der Waals surface area contributed by atoms with Crippen molar-refractivity contribution < 1.29 is 9.59 Å². The number of rotatable bonds is 4. The first kappa shape index (κ1) is 17.6. The van der Waals surface area contributed by atoms with E-state index in [4.69, 9.17) is 0 Å². The maximum Gasteiger partial charge on any atom is 0.229 e. The van der Waals surface area contributed by atoms with Crippen LogP contribution < -0.4 is 15.1 Å². The third-order valence-corrected chi connectivity index (χ3v) is 5.49. The summed E-state index contributed by atoms with van der Waals surface area (Å²) in [5.74, 6) is 0.317. The van der Waals surface area contributed by atoms with E-state index in [0.29, 0.717) is 6.54 Å². The topological polar surface area (TPSA) is 52.7 Å². The number of hydrogen-bond acceptors (Lipinski definition) is 3. The zero-order valence-electron chi connectivity index (χ0n) is 15.6. The molecule has 2 aliphatic rings. The van der Waals surface area contributed by atoms with Crippen LogP contribution in [0.4, 0.5) is 17.1 Å². The Morgan fingerprint density at radius 1 is 1.00 bits per heavy atom. The molecular formula is C22H25N3O2. The molecule has 1 N–H and O–H groups in total. The highest BCUT2D eigenvalue weighted by atomic mass is 16.2. The third-order valence-electron chi connectivity index (χ3n) is 5.49. The number of amides is 2. The summed E-state index contributed by atoms with van der Waals surface area (Å²) in [7, 11) is 0. The van der Waals surface area contributed by atoms with E-state index in [0.717, 1.165) is 30.4 Å². The number of para-hydroxylation sites is 1. The van der Waals surface area contributed by atoms with Gasteiger partial charge in [-0.1, -0.05) is 25.1 Å². The van der Waals surface area contributed by atoms with Gasteiger partial charge < -0.3 is 15.1 Å². The van der Waals surface area contributed by atoms with Crippen LogP contribution in [0.5, 0.6) is 0 Å². The van der Waals surface area contributed by atoms with Crippen molar-refractivity contribution in [3.05, 3.63) is 54.6 Å². The number of benzene rings is 2. The van der Waals surface area contributed by atoms with Crippen LogP contribution in [-0.2, 0) is 9.59 Å². The Kier molecular flexibility index (Phi) is 4.84. The highest BCUT2D eigenvalue weighted by Crippen LogP contribution is 2.27. The highest BCUT2D eigenvalue weighted by Gasteiger charge is 2.35. The molecule has 0 aromatic heterocycles. The van der Waals surface area contributed by atoms with Crippen molar-refractivity contribution in [1.29, 1.82) is 0 Å². The first-order chi connectivity index (χ1) is 13.1. The molecule has 2 aromatic rings. The van der Waals surface area contributed by atoms with Crippen molar-refractivity contribution in [2.75, 3.05) is 34.8 Å². The molecule has 0 saturated carbocycles. The molecule has 2 unspecified atom stereocenters. The lowest BCUT2D eigenvalue weighted by atomic mass is 10.1. The smallest absolute Gasteiger partial charge is 0.229 e. The molecular weight excluding hydrogens is 338 g/mol. The lowest BCUT2D eigenvalue weighted by Crippen LogP contribution is -2.28. The van der Waals surface area contributed by atoms with Gasteiger partial charge in [0, 0.05) is 43.1 Å². The molecule has 27 heavy (non-hydrogen) atoms. The Morgan fingerprint density at radius 3 is 2.41 bits per heavy atom. The minimum Gasteiger partial charge on any atom is -0.371 e. The van der Waals surface area contributed by atoms with Crippen LogP contribution in [0.1, 0.15) is 19.8 Å². The van der Waals surface area contributed by atoms with E-state index < -0.39 is 0 Å². The van der Waals surface area contributed by atoms with Gasteiger partial charge in [-0.25, -0.2) is 0 Å². The quantitative estimate of drug-likeness (QED) is 0.904. The van der Waals surface area contributed by atoms with Crippen molar-refractivity contribution >= 4 is 28.9 Å². The zero-order valence-corrected chi connectivity index (χ0v) is 15.6. The van der Waals surface area contributed by atoms with Crippen LogP contribution in [-0.4, -0.2) is 31.4 Å². The molecule has 140 valence electrons. The summed E-state index contributed by atoms with van der Waals surface area (Å²) >= 11 is 0. The van der Waals surface area contributed by atoms with Crippen LogP contribution in [0.25, 0.3) is 0 Å². The van der Waals surface area contributed by atoms with Crippen molar-refractivity contribution in [2.45, 2.75) is 19.8 Å². The predicted octanol–water partition coefficient (Wildman–Crippen LogP) is 3.52. The van der Waals surface area contributed by atoms with E-state index in [1.54, 1.807) is 4.90 Å². The van der Waals surface area contributed by atoms with Gasteiger partial charge in [-0.05, 0) is 48.7 Å². The second kappa shape index (κ2) is 7.43. The number of nitrogens with zero attached hydrogens (tertiary/aromatic N) is 2. The van der Waals surface area contributed by atoms with Gasteiger partial charge >= 0.3 is 0 Å². The molecule has 0 radical (unpaired) electrons. The summed E-state index contributed by atoms with van der Waals surface area (Å²) < 4.78 is 0. The van der Waals surface area contributed by atoms with E-state index in [2.05, 4.69) is 29.3 Å².